The Kier molecular flexibility index (Phi) is 5.51. The third-order valence-corrected chi connectivity index (χ3v) is 6.45. The number of aromatic amines is 1. The molecule has 0 radical (unpaired) electrons. The van der Waals surface area contributed by atoms with Gasteiger partial charge in [0.1, 0.15) is 5.69 Å². The van der Waals surface area contributed by atoms with Gasteiger partial charge in [-0.1, -0.05) is 23.7 Å². The van der Waals surface area contributed by atoms with Gasteiger partial charge in [0.15, 0.2) is 5.58 Å². The van der Waals surface area contributed by atoms with E-state index in [1.165, 1.54) is 19.4 Å². The molecule has 4 heterocycles. The highest BCUT2D eigenvalue weighted by molar-refractivity contribution is 6.36. The first-order valence-electron chi connectivity index (χ1n) is 10.5. The topological polar surface area (TPSA) is 94.5 Å². The van der Waals surface area contributed by atoms with Gasteiger partial charge in [-0.05, 0) is 23.8 Å². The average Bonchev–Trinajstić information content (AvgIpc) is 3.32. The highest BCUT2D eigenvalue weighted by Crippen LogP contribution is 2.31. The fraction of sp³-hybridized carbons (Fsp3) is 0.261. The molecule has 2 N–H and O–H groups in total. The highest BCUT2D eigenvalue weighted by Gasteiger charge is 2.22. The van der Waals surface area contributed by atoms with Crippen LogP contribution in [0.25, 0.3) is 21.9 Å². The summed E-state index contributed by atoms with van der Waals surface area (Å²) in [7, 11) is 1.48. The first-order valence-corrected chi connectivity index (χ1v) is 10.9. The normalized spacial score (nSPS) is 14.8. The van der Waals surface area contributed by atoms with Gasteiger partial charge in [-0.3, -0.25) is 14.5 Å². The molecule has 0 aliphatic carbocycles. The fourth-order valence-corrected chi connectivity index (χ4v) is 4.53. The molecule has 3 aromatic heterocycles. The Morgan fingerprint density at radius 1 is 1.18 bits per heavy atom. The lowest BCUT2D eigenvalue weighted by Gasteiger charge is -2.36. The molecule has 0 spiro atoms. The number of furan rings is 1. The molecule has 1 amide bonds. The first kappa shape index (κ1) is 21.4. The molecule has 1 aromatic carbocycles. The molecule has 1 fully saturated rings. The van der Waals surface area contributed by atoms with E-state index in [4.69, 9.17) is 16.0 Å². The number of nitrogens with one attached hydrogen (secondary N) is 2. The van der Waals surface area contributed by atoms with Crippen LogP contribution in [0.1, 0.15) is 16.1 Å². The third kappa shape index (κ3) is 3.83. The molecule has 170 valence electrons. The number of carbonyl (C=O) groups is 1. The SMILES string of the molecule is CNC(=O)c1ccc(N2CCN(Cc3ccc4c([nH]c(=O)c5occc54)c3Cl)CC2)c(F)n1. The van der Waals surface area contributed by atoms with Crippen molar-refractivity contribution in [2.75, 3.05) is 38.1 Å². The number of rotatable bonds is 4. The Bertz CT molecular complexity index is 1430. The van der Waals surface area contributed by atoms with E-state index >= 15 is 0 Å². The number of fused-ring (bicyclic) bond motifs is 3. The second-order valence-electron chi connectivity index (χ2n) is 7.93. The summed E-state index contributed by atoms with van der Waals surface area (Å²) in [4.78, 5) is 34.7. The van der Waals surface area contributed by atoms with Gasteiger partial charge < -0.3 is 19.6 Å². The molecule has 8 nitrogen and oxygen atoms in total. The first-order chi connectivity index (χ1) is 16.0. The number of benzene rings is 1. The Hall–Kier alpha value is -3.43. The van der Waals surface area contributed by atoms with E-state index in [0.29, 0.717) is 49.0 Å². The number of hydrogen-bond donors (Lipinski definition) is 2. The summed E-state index contributed by atoms with van der Waals surface area (Å²) < 4.78 is 19.8. The zero-order chi connectivity index (χ0) is 23.1. The summed E-state index contributed by atoms with van der Waals surface area (Å²) in [5, 5.41) is 4.51. The van der Waals surface area contributed by atoms with Crippen LogP contribution in [0.3, 0.4) is 0 Å². The van der Waals surface area contributed by atoms with Crippen LogP contribution in [-0.4, -0.2) is 54.0 Å². The minimum atomic E-state index is -0.656. The number of hydrogen-bond acceptors (Lipinski definition) is 6. The summed E-state index contributed by atoms with van der Waals surface area (Å²) in [6.45, 7) is 3.21. The van der Waals surface area contributed by atoms with Crippen molar-refractivity contribution in [1.29, 1.82) is 0 Å². The van der Waals surface area contributed by atoms with Crippen molar-refractivity contribution in [3.05, 3.63) is 69.2 Å². The van der Waals surface area contributed by atoms with Gasteiger partial charge in [-0.25, -0.2) is 4.98 Å². The van der Waals surface area contributed by atoms with E-state index in [0.717, 1.165) is 16.3 Å². The molecule has 0 atom stereocenters. The maximum Gasteiger partial charge on any atom is 0.292 e. The van der Waals surface area contributed by atoms with E-state index in [-0.39, 0.29) is 16.8 Å². The Morgan fingerprint density at radius 3 is 2.70 bits per heavy atom. The maximum absolute atomic E-state index is 14.5. The summed E-state index contributed by atoms with van der Waals surface area (Å²) >= 11 is 6.67. The largest absolute Gasteiger partial charge is 0.459 e. The van der Waals surface area contributed by atoms with Gasteiger partial charge in [0.05, 0.1) is 22.5 Å². The number of amides is 1. The van der Waals surface area contributed by atoms with Crippen LogP contribution in [0.2, 0.25) is 5.02 Å². The number of nitrogens with zero attached hydrogens (tertiary/aromatic N) is 3. The lowest BCUT2D eigenvalue weighted by molar-refractivity contribution is 0.0957. The van der Waals surface area contributed by atoms with Crippen molar-refractivity contribution in [2.45, 2.75) is 6.54 Å². The molecule has 0 saturated carbocycles. The Balaban J connectivity index is 1.31. The van der Waals surface area contributed by atoms with Crippen LogP contribution in [0.4, 0.5) is 10.1 Å². The number of pyridine rings is 2. The van der Waals surface area contributed by atoms with Crippen LogP contribution >= 0.6 is 11.6 Å². The molecule has 0 bridgehead atoms. The van der Waals surface area contributed by atoms with Crippen molar-refractivity contribution in [3.8, 4) is 0 Å². The highest BCUT2D eigenvalue weighted by atomic mass is 35.5. The molecule has 33 heavy (non-hydrogen) atoms. The van der Waals surface area contributed by atoms with Crippen molar-refractivity contribution in [3.63, 3.8) is 0 Å². The monoisotopic (exact) mass is 469 g/mol. The maximum atomic E-state index is 14.5. The molecule has 1 aliphatic rings. The molecular formula is C23H21ClFN5O3. The quantitative estimate of drug-likeness (QED) is 0.446. The number of carbonyl (C=O) groups excluding carboxylic acids is 1. The van der Waals surface area contributed by atoms with Gasteiger partial charge in [-0.15, -0.1) is 0 Å². The smallest absolute Gasteiger partial charge is 0.292 e. The predicted molar refractivity (Wildman–Crippen MR) is 124 cm³/mol. The van der Waals surface area contributed by atoms with Crippen molar-refractivity contribution in [2.24, 2.45) is 0 Å². The van der Waals surface area contributed by atoms with Crippen LogP contribution in [-0.2, 0) is 6.54 Å². The molecule has 0 unspecified atom stereocenters. The molecule has 10 heteroatoms. The van der Waals surface area contributed by atoms with Crippen LogP contribution < -0.4 is 15.8 Å². The zero-order valence-corrected chi connectivity index (χ0v) is 18.6. The van der Waals surface area contributed by atoms with Crippen molar-refractivity contribution >= 4 is 45.1 Å². The molecule has 5 rings (SSSR count). The van der Waals surface area contributed by atoms with E-state index in [1.807, 2.05) is 17.0 Å². The lowest BCUT2D eigenvalue weighted by atomic mass is 10.1. The molecular weight excluding hydrogens is 449 g/mol. The predicted octanol–water partition coefficient (Wildman–Crippen LogP) is 3.14. The number of halogens is 2. The Morgan fingerprint density at radius 2 is 1.97 bits per heavy atom. The minimum absolute atomic E-state index is 0.0501. The second kappa shape index (κ2) is 8.49. The van der Waals surface area contributed by atoms with Crippen molar-refractivity contribution in [1.82, 2.24) is 20.2 Å². The minimum Gasteiger partial charge on any atom is -0.459 e. The summed E-state index contributed by atoms with van der Waals surface area (Å²) in [6, 6.07) is 8.78. The standard InChI is InChI=1S/C23H21ClFN5O3/c1-26-22(31)16-4-5-17(21(25)27-16)30-9-7-29(8-10-30)12-13-2-3-14-15-6-11-33-20(15)23(32)28-19(14)18(13)24/h2-6,11H,7-10,12H2,1H3,(H,26,31)(H,28,32). The second-order valence-corrected chi connectivity index (χ2v) is 8.31. The van der Waals surface area contributed by atoms with Gasteiger partial charge in [0.2, 0.25) is 5.95 Å². The summed E-state index contributed by atoms with van der Waals surface area (Å²) in [5.74, 6) is -1.08. The van der Waals surface area contributed by atoms with Crippen LogP contribution in [0.15, 0.2) is 45.8 Å². The number of piperazine rings is 1. The van der Waals surface area contributed by atoms with Crippen LogP contribution in [0, 0.1) is 5.95 Å². The van der Waals surface area contributed by atoms with Gasteiger partial charge >= 0.3 is 0 Å². The summed E-state index contributed by atoms with van der Waals surface area (Å²) in [5.41, 5.74) is 1.90. The van der Waals surface area contributed by atoms with E-state index in [2.05, 4.69) is 20.2 Å². The fourth-order valence-electron chi connectivity index (χ4n) is 4.26. The van der Waals surface area contributed by atoms with Gasteiger partial charge in [0, 0.05) is 50.5 Å². The zero-order valence-electron chi connectivity index (χ0n) is 17.8. The van der Waals surface area contributed by atoms with E-state index < -0.39 is 11.9 Å². The van der Waals surface area contributed by atoms with E-state index in [9.17, 15) is 14.0 Å². The number of anilines is 1. The third-order valence-electron chi connectivity index (χ3n) is 6.02. The number of aromatic nitrogens is 2. The molecule has 1 aliphatic heterocycles. The molecule has 1 saturated heterocycles. The lowest BCUT2D eigenvalue weighted by Crippen LogP contribution is -2.46. The van der Waals surface area contributed by atoms with E-state index in [1.54, 1.807) is 12.1 Å². The van der Waals surface area contributed by atoms with Gasteiger partial charge in [-0.2, -0.15) is 4.39 Å². The molecule has 4 aromatic rings. The average molecular weight is 470 g/mol. The number of H-pyrrole nitrogens is 1. The Labute approximate surface area is 192 Å². The van der Waals surface area contributed by atoms with Crippen molar-refractivity contribution < 1.29 is 13.6 Å². The van der Waals surface area contributed by atoms with Gasteiger partial charge in [0.25, 0.3) is 11.5 Å². The summed E-state index contributed by atoms with van der Waals surface area (Å²) in [6.07, 6.45) is 1.49. The van der Waals surface area contributed by atoms with Crippen LogP contribution in [0.5, 0.6) is 0 Å².